The lowest BCUT2D eigenvalue weighted by Crippen LogP contribution is -2.19. The molecule has 0 spiro atoms. The normalized spacial score (nSPS) is 10.7. The summed E-state index contributed by atoms with van der Waals surface area (Å²) < 4.78 is 0. The number of benzene rings is 1. The van der Waals surface area contributed by atoms with E-state index in [1.165, 1.54) is 11.3 Å². The fourth-order valence-corrected chi connectivity index (χ4v) is 2.02. The Morgan fingerprint density at radius 3 is 2.89 bits per heavy atom. The summed E-state index contributed by atoms with van der Waals surface area (Å²) >= 11 is 1.54. The van der Waals surface area contributed by atoms with Gasteiger partial charge in [0.15, 0.2) is 0 Å². The topological polar surface area (TPSA) is 54.4 Å². The Bertz CT molecular complexity index is 548. The molecule has 0 saturated heterocycles. The summed E-state index contributed by atoms with van der Waals surface area (Å²) in [5, 5.41) is 6.74. The molecule has 0 bridgehead atoms. The van der Waals surface area contributed by atoms with Gasteiger partial charge in [-0.15, -0.1) is 11.3 Å². The molecule has 2 aromatic rings. The maximum atomic E-state index is 11.6. The molecule has 18 heavy (non-hydrogen) atoms. The molecule has 0 fully saturated rings. The van der Waals surface area contributed by atoms with Gasteiger partial charge in [0.05, 0.1) is 23.3 Å². The molecule has 1 heterocycles. The van der Waals surface area contributed by atoms with Crippen molar-refractivity contribution in [3.8, 4) is 0 Å². The summed E-state index contributed by atoms with van der Waals surface area (Å²) in [4.78, 5) is 15.8. The lowest BCUT2D eigenvalue weighted by molar-refractivity contribution is -0.120. The zero-order chi connectivity index (χ0) is 12.8. The maximum absolute atomic E-state index is 11.6. The zero-order valence-corrected chi connectivity index (χ0v) is 10.8. The van der Waals surface area contributed by atoms with Gasteiger partial charge in [0.1, 0.15) is 0 Å². The number of hydrogen-bond donors (Lipinski definition) is 1. The first kappa shape index (κ1) is 12.4. The van der Waals surface area contributed by atoms with E-state index in [9.17, 15) is 4.79 Å². The van der Waals surface area contributed by atoms with Crippen LogP contribution in [0.4, 0.5) is 0 Å². The van der Waals surface area contributed by atoms with Crippen molar-refractivity contribution >= 4 is 23.5 Å². The third-order valence-electron chi connectivity index (χ3n) is 2.21. The maximum Gasteiger partial charge on any atom is 0.246 e. The molecular formula is C13H13N3OS. The van der Waals surface area contributed by atoms with Crippen molar-refractivity contribution in [2.24, 2.45) is 5.10 Å². The van der Waals surface area contributed by atoms with Crippen LogP contribution in [0.3, 0.4) is 0 Å². The number of rotatable bonds is 4. The highest BCUT2D eigenvalue weighted by Gasteiger charge is 2.04. The third-order valence-corrected chi connectivity index (χ3v) is 3.03. The molecule has 5 heteroatoms. The van der Waals surface area contributed by atoms with Crippen LogP contribution in [-0.2, 0) is 11.2 Å². The van der Waals surface area contributed by atoms with Crippen LogP contribution in [0.5, 0.6) is 0 Å². The van der Waals surface area contributed by atoms with Crippen LogP contribution < -0.4 is 5.43 Å². The first-order valence-electron chi connectivity index (χ1n) is 5.52. The van der Waals surface area contributed by atoms with Gasteiger partial charge in [0.2, 0.25) is 5.91 Å². The number of nitrogens with zero attached hydrogens (tertiary/aromatic N) is 2. The minimum absolute atomic E-state index is 0.160. The highest BCUT2D eigenvalue weighted by atomic mass is 32.1. The van der Waals surface area contributed by atoms with Crippen molar-refractivity contribution in [2.75, 3.05) is 0 Å². The van der Waals surface area contributed by atoms with E-state index in [0.29, 0.717) is 0 Å². The molecule has 0 atom stereocenters. The minimum atomic E-state index is -0.160. The quantitative estimate of drug-likeness (QED) is 0.675. The first-order valence-corrected chi connectivity index (χ1v) is 6.40. The molecule has 4 nitrogen and oxygen atoms in total. The fraction of sp³-hybridized carbons (Fsp3) is 0.154. The lowest BCUT2D eigenvalue weighted by Gasteiger charge is -1.96. The van der Waals surface area contributed by atoms with E-state index in [4.69, 9.17) is 0 Å². The highest BCUT2D eigenvalue weighted by molar-refractivity contribution is 7.09. The largest absolute Gasteiger partial charge is 0.273 e. The van der Waals surface area contributed by atoms with Crippen LogP contribution in [0.1, 0.15) is 16.3 Å². The molecule has 1 aromatic heterocycles. The summed E-state index contributed by atoms with van der Waals surface area (Å²) in [6, 6.07) is 9.60. The second kappa shape index (κ2) is 6.07. The number of nitrogens with one attached hydrogen (secondary N) is 1. The van der Waals surface area contributed by atoms with E-state index in [1.54, 1.807) is 6.21 Å². The summed E-state index contributed by atoms with van der Waals surface area (Å²) in [5.74, 6) is -0.160. The summed E-state index contributed by atoms with van der Waals surface area (Å²) in [7, 11) is 0. The molecular weight excluding hydrogens is 246 g/mol. The molecule has 1 N–H and O–H groups in total. The fourth-order valence-electron chi connectivity index (χ4n) is 1.41. The SMILES string of the molecule is Cc1nc(CC(=O)N/N=C\c2ccccc2)cs1. The molecule has 0 aliphatic carbocycles. The van der Waals surface area contributed by atoms with E-state index in [-0.39, 0.29) is 12.3 Å². The number of carbonyl (C=O) groups excluding carboxylic acids is 1. The zero-order valence-electron chi connectivity index (χ0n) is 9.96. The van der Waals surface area contributed by atoms with Gasteiger partial charge >= 0.3 is 0 Å². The van der Waals surface area contributed by atoms with Crippen LogP contribution in [-0.4, -0.2) is 17.1 Å². The Hall–Kier alpha value is -2.01. The van der Waals surface area contributed by atoms with Gasteiger partial charge in [-0.25, -0.2) is 10.4 Å². The number of aryl methyl sites for hydroxylation is 1. The summed E-state index contributed by atoms with van der Waals surface area (Å²) in [6.07, 6.45) is 1.88. The second-order valence-corrected chi connectivity index (χ2v) is 4.80. The molecule has 1 aromatic carbocycles. The van der Waals surface area contributed by atoms with Crippen molar-refractivity contribution in [3.05, 3.63) is 52.0 Å². The molecule has 0 radical (unpaired) electrons. The molecule has 0 aliphatic heterocycles. The Morgan fingerprint density at radius 2 is 2.22 bits per heavy atom. The Balaban J connectivity index is 1.83. The van der Waals surface area contributed by atoms with Crippen LogP contribution in [0.25, 0.3) is 0 Å². The van der Waals surface area contributed by atoms with Crippen molar-refractivity contribution in [1.29, 1.82) is 0 Å². The predicted octanol–water partition coefficient (Wildman–Crippen LogP) is 2.14. The monoisotopic (exact) mass is 259 g/mol. The molecule has 92 valence electrons. The summed E-state index contributed by atoms with van der Waals surface area (Å²) in [6.45, 7) is 1.92. The van der Waals surface area contributed by atoms with Crippen LogP contribution >= 0.6 is 11.3 Å². The van der Waals surface area contributed by atoms with Gasteiger partial charge in [-0.3, -0.25) is 4.79 Å². The molecule has 0 aliphatic rings. The third kappa shape index (κ3) is 3.78. The molecule has 1 amide bonds. The van der Waals surface area contributed by atoms with Gasteiger partial charge in [0.25, 0.3) is 0 Å². The highest BCUT2D eigenvalue weighted by Crippen LogP contribution is 2.08. The Labute approximate surface area is 109 Å². The van der Waals surface area contributed by atoms with Gasteiger partial charge in [-0.2, -0.15) is 5.10 Å². The number of amides is 1. The van der Waals surface area contributed by atoms with Gasteiger partial charge in [-0.1, -0.05) is 30.3 Å². The van der Waals surface area contributed by atoms with E-state index in [1.807, 2.05) is 42.6 Å². The van der Waals surface area contributed by atoms with E-state index >= 15 is 0 Å². The first-order chi connectivity index (χ1) is 8.74. The standard InChI is InChI=1S/C13H13N3OS/c1-10-15-12(9-18-10)7-13(17)16-14-8-11-5-3-2-4-6-11/h2-6,8-9H,7H2,1H3,(H,16,17)/b14-8-. The van der Waals surface area contributed by atoms with E-state index in [0.717, 1.165) is 16.3 Å². The van der Waals surface area contributed by atoms with E-state index < -0.39 is 0 Å². The second-order valence-electron chi connectivity index (χ2n) is 3.74. The minimum Gasteiger partial charge on any atom is -0.273 e. The molecule has 0 unspecified atom stereocenters. The smallest absolute Gasteiger partial charge is 0.246 e. The predicted molar refractivity (Wildman–Crippen MR) is 72.7 cm³/mol. The van der Waals surface area contributed by atoms with Crippen LogP contribution in [0, 0.1) is 6.92 Å². The number of aromatic nitrogens is 1. The van der Waals surface area contributed by atoms with Crippen molar-refractivity contribution in [3.63, 3.8) is 0 Å². The molecule has 2 rings (SSSR count). The van der Waals surface area contributed by atoms with Gasteiger partial charge in [0, 0.05) is 5.38 Å². The number of thiazole rings is 1. The van der Waals surface area contributed by atoms with Gasteiger partial charge < -0.3 is 0 Å². The molecule has 0 saturated carbocycles. The number of carbonyl (C=O) groups is 1. The van der Waals surface area contributed by atoms with Crippen molar-refractivity contribution in [2.45, 2.75) is 13.3 Å². The lowest BCUT2D eigenvalue weighted by atomic mass is 10.2. The Kier molecular flexibility index (Phi) is 4.20. The Morgan fingerprint density at radius 1 is 1.44 bits per heavy atom. The number of hydrogen-bond acceptors (Lipinski definition) is 4. The number of hydrazone groups is 1. The van der Waals surface area contributed by atoms with Crippen molar-refractivity contribution in [1.82, 2.24) is 10.4 Å². The van der Waals surface area contributed by atoms with Gasteiger partial charge in [-0.05, 0) is 12.5 Å². The van der Waals surface area contributed by atoms with Crippen LogP contribution in [0.15, 0.2) is 40.8 Å². The summed E-state index contributed by atoms with van der Waals surface area (Å²) in [5.41, 5.74) is 4.21. The van der Waals surface area contributed by atoms with Crippen LogP contribution in [0.2, 0.25) is 0 Å². The average Bonchev–Trinajstić information content (AvgIpc) is 2.76. The van der Waals surface area contributed by atoms with Crippen molar-refractivity contribution < 1.29 is 4.79 Å². The average molecular weight is 259 g/mol. The van der Waals surface area contributed by atoms with E-state index in [2.05, 4.69) is 15.5 Å².